The summed E-state index contributed by atoms with van der Waals surface area (Å²) in [6.07, 6.45) is 4.40. The maximum atomic E-state index is 12.6. The van der Waals surface area contributed by atoms with Crippen LogP contribution < -0.4 is 5.32 Å². The molecule has 3 rings (SSSR count). The Kier molecular flexibility index (Phi) is 3.43. The van der Waals surface area contributed by atoms with Crippen LogP contribution in [0.3, 0.4) is 0 Å². The van der Waals surface area contributed by atoms with Crippen molar-refractivity contribution in [2.75, 3.05) is 26.2 Å². The first kappa shape index (κ1) is 13.1. The third-order valence-electron chi connectivity index (χ3n) is 3.83. The molecule has 1 saturated carbocycles. The summed E-state index contributed by atoms with van der Waals surface area (Å²) in [5.41, 5.74) is 0.467. The lowest BCUT2D eigenvalue weighted by molar-refractivity contribution is -0.384. The van der Waals surface area contributed by atoms with Crippen LogP contribution in [0.1, 0.15) is 35.8 Å². The van der Waals surface area contributed by atoms with Gasteiger partial charge >= 0.3 is 0 Å². The Morgan fingerprint density at radius 3 is 2.85 bits per heavy atom. The van der Waals surface area contributed by atoms with Crippen LogP contribution in [-0.2, 0) is 0 Å². The Hall–Kier alpha value is -1.89. The van der Waals surface area contributed by atoms with E-state index in [-0.39, 0.29) is 17.6 Å². The third-order valence-corrected chi connectivity index (χ3v) is 3.83. The van der Waals surface area contributed by atoms with Crippen molar-refractivity contribution in [3.05, 3.63) is 28.1 Å². The van der Waals surface area contributed by atoms with Gasteiger partial charge in [-0.3, -0.25) is 14.9 Å². The van der Waals surface area contributed by atoms with Gasteiger partial charge in [-0.25, -0.2) is 0 Å². The van der Waals surface area contributed by atoms with Gasteiger partial charge in [-0.2, -0.15) is 0 Å². The smallest absolute Gasteiger partial charge is 0.287 e. The number of carbonyl (C=O) groups excluding carboxylic acids is 1. The van der Waals surface area contributed by atoms with E-state index in [2.05, 4.69) is 5.32 Å². The standard InChI is InChI=1S/C13H18N4O3/c18-13(15-6-1-4-14-5-7-15)12-8-11(17(19)20)9-16(12)10-2-3-10/h8-10,14H,1-7H2. The number of hydrogen-bond donors (Lipinski definition) is 1. The van der Waals surface area contributed by atoms with Gasteiger partial charge in [0.25, 0.3) is 11.6 Å². The molecule has 108 valence electrons. The molecule has 1 N–H and O–H groups in total. The van der Waals surface area contributed by atoms with E-state index in [0.29, 0.717) is 18.8 Å². The highest BCUT2D eigenvalue weighted by Gasteiger charge is 2.32. The van der Waals surface area contributed by atoms with Crippen molar-refractivity contribution < 1.29 is 9.72 Å². The molecule has 1 amide bonds. The molecule has 2 heterocycles. The molecule has 2 aliphatic rings. The van der Waals surface area contributed by atoms with E-state index in [4.69, 9.17) is 0 Å². The summed E-state index contributed by atoms with van der Waals surface area (Å²) in [7, 11) is 0. The molecule has 0 bridgehead atoms. The van der Waals surface area contributed by atoms with E-state index in [1.54, 1.807) is 9.47 Å². The first-order valence-corrected chi connectivity index (χ1v) is 7.03. The Morgan fingerprint density at radius 1 is 1.35 bits per heavy atom. The maximum absolute atomic E-state index is 12.6. The van der Waals surface area contributed by atoms with Gasteiger partial charge in [-0.05, 0) is 25.8 Å². The Morgan fingerprint density at radius 2 is 2.15 bits per heavy atom. The van der Waals surface area contributed by atoms with Crippen LogP contribution in [0.2, 0.25) is 0 Å². The molecule has 0 atom stereocenters. The number of nitrogens with one attached hydrogen (secondary N) is 1. The number of nitrogens with zero attached hydrogens (tertiary/aromatic N) is 3. The number of nitro groups is 1. The zero-order valence-electron chi connectivity index (χ0n) is 11.2. The normalized spacial score (nSPS) is 19.7. The number of amides is 1. The zero-order chi connectivity index (χ0) is 14.1. The summed E-state index contributed by atoms with van der Waals surface area (Å²) < 4.78 is 1.79. The fraction of sp³-hybridized carbons (Fsp3) is 0.615. The highest BCUT2D eigenvalue weighted by atomic mass is 16.6. The maximum Gasteiger partial charge on any atom is 0.287 e. The molecule has 7 nitrogen and oxygen atoms in total. The lowest BCUT2D eigenvalue weighted by Crippen LogP contribution is -2.35. The van der Waals surface area contributed by atoms with Crippen molar-refractivity contribution in [3.8, 4) is 0 Å². The number of hydrogen-bond acceptors (Lipinski definition) is 4. The monoisotopic (exact) mass is 278 g/mol. The minimum Gasteiger partial charge on any atom is -0.336 e. The summed E-state index contributed by atoms with van der Waals surface area (Å²) in [5, 5.41) is 14.2. The predicted molar refractivity (Wildman–Crippen MR) is 72.7 cm³/mol. The third kappa shape index (κ3) is 2.53. The molecule has 0 spiro atoms. The van der Waals surface area contributed by atoms with Crippen LogP contribution in [0.15, 0.2) is 12.3 Å². The molecule has 7 heteroatoms. The molecule has 1 aromatic heterocycles. The number of carbonyl (C=O) groups is 1. The van der Waals surface area contributed by atoms with Crippen LogP contribution in [0.25, 0.3) is 0 Å². The highest BCUT2D eigenvalue weighted by Crippen LogP contribution is 2.38. The Labute approximate surface area is 116 Å². The molecule has 0 radical (unpaired) electrons. The molecule has 0 unspecified atom stereocenters. The van der Waals surface area contributed by atoms with Gasteiger partial charge < -0.3 is 14.8 Å². The summed E-state index contributed by atoms with van der Waals surface area (Å²) in [4.78, 5) is 24.9. The second kappa shape index (κ2) is 5.24. The Bertz CT molecular complexity index is 528. The van der Waals surface area contributed by atoms with Gasteiger partial charge in [-0.1, -0.05) is 0 Å². The van der Waals surface area contributed by atoms with Crippen LogP contribution in [0.4, 0.5) is 5.69 Å². The molecule has 0 aromatic carbocycles. The SMILES string of the molecule is O=C(c1cc([N+](=O)[O-])cn1C1CC1)N1CCCNCC1. The van der Waals surface area contributed by atoms with Gasteiger partial charge in [0, 0.05) is 31.7 Å². The molecular formula is C13H18N4O3. The van der Waals surface area contributed by atoms with Gasteiger partial charge in [0.15, 0.2) is 0 Å². The van der Waals surface area contributed by atoms with Crippen molar-refractivity contribution in [2.24, 2.45) is 0 Å². The number of rotatable bonds is 3. The fourth-order valence-corrected chi connectivity index (χ4v) is 2.60. The second-order valence-corrected chi connectivity index (χ2v) is 5.37. The Balaban J connectivity index is 1.87. The molecule has 2 fully saturated rings. The largest absolute Gasteiger partial charge is 0.336 e. The average molecular weight is 278 g/mol. The topological polar surface area (TPSA) is 80.4 Å². The van der Waals surface area contributed by atoms with Crippen LogP contribution in [0, 0.1) is 10.1 Å². The lowest BCUT2D eigenvalue weighted by atomic mass is 10.3. The second-order valence-electron chi connectivity index (χ2n) is 5.37. The van der Waals surface area contributed by atoms with Crippen molar-refractivity contribution in [2.45, 2.75) is 25.3 Å². The van der Waals surface area contributed by atoms with Gasteiger partial charge in [0.1, 0.15) is 5.69 Å². The van der Waals surface area contributed by atoms with E-state index in [9.17, 15) is 14.9 Å². The van der Waals surface area contributed by atoms with Crippen molar-refractivity contribution in [1.82, 2.24) is 14.8 Å². The molecule has 1 aromatic rings. The molecule has 1 aliphatic heterocycles. The quantitative estimate of drug-likeness (QED) is 0.664. The summed E-state index contributed by atoms with van der Waals surface area (Å²) >= 11 is 0. The van der Waals surface area contributed by atoms with E-state index >= 15 is 0 Å². The average Bonchev–Trinajstić information content (AvgIpc) is 3.22. The predicted octanol–water partition coefficient (Wildman–Crippen LogP) is 1.17. The summed E-state index contributed by atoms with van der Waals surface area (Å²) in [6.45, 7) is 3.05. The van der Waals surface area contributed by atoms with Crippen molar-refractivity contribution in [1.29, 1.82) is 0 Å². The first-order valence-electron chi connectivity index (χ1n) is 7.03. The van der Waals surface area contributed by atoms with E-state index < -0.39 is 4.92 Å². The molecular weight excluding hydrogens is 260 g/mol. The van der Waals surface area contributed by atoms with Crippen LogP contribution >= 0.6 is 0 Å². The lowest BCUT2D eigenvalue weighted by Gasteiger charge is -2.20. The minimum atomic E-state index is -0.431. The number of aromatic nitrogens is 1. The van der Waals surface area contributed by atoms with Gasteiger partial charge in [-0.15, -0.1) is 0 Å². The highest BCUT2D eigenvalue weighted by molar-refractivity contribution is 5.93. The van der Waals surface area contributed by atoms with Crippen molar-refractivity contribution >= 4 is 11.6 Å². The van der Waals surface area contributed by atoms with Gasteiger partial charge in [0.2, 0.25) is 0 Å². The first-order chi connectivity index (χ1) is 9.66. The van der Waals surface area contributed by atoms with E-state index in [1.807, 2.05) is 0 Å². The van der Waals surface area contributed by atoms with Gasteiger partial charge in [0.05, 0.1) is 11.1 Å². The molecule has 20 heavy (non-hydrogen) atoms. The molecule has 1 aliphatic carbocycles. The molecule has 1 saturated heterocycles. The van der Waals surface area contributed by atoms with E-state index in [1.165, 1.54) is 12.3 Å². The minimum absolute atomic E-state index is 0.00759. The van der Waals surface area contributed by atoms with E-state index in [0.717, 1.165) is 32.4 Å². The zero-order valence-corrected chi connectivity index (χ0v) is 11.2. The fourth-order valence-electron chi connectivity index (χ4n) is 2.60. The summed E-state index contributed by atoms with van der Waals surface area (Å²) in [6, 6.07) is 1.67. The van der Waals surface area contributed by atoms with Crippen LogP contribution in [-0.4, -0.2) is 46.5 Å². The van der Waals surface area contributed by atoms with Crippen LogP contribution in [0.5, 0.6) is 0 Å². The summed E-state index contributed by atoms with van der Waals surface area (Å²) in [5.74, 6) is -0.0892. The van der Waals surface area contributed by atoms with Crippen molar-refractivity contribution in [3.63, 3.8) is 0 Å².